The van der Waals surface area contributed by atoms with Gasteiger partial charge in [0.1, 0.15) is 0 Å². The largest absolute Gasteiger partial charge is 0.416 e. The summed E-state index contributed by atoms with van der Waals surface area (Å²) in [6.07, 6.45) is -4.37. The summed E-state index contributed by atoms with van der Waals surface area (Å²) in [6.45, 7) is 0.124. The third-order valence-electron chi connectivity index (χ3n) is 6.01. The van der Waals surface area contributed by atoms with Crippen molar-refractivity contribution in [1.29, 1.82) is 0 Å². The molecule has 1 aliphatic rings. The number of nitrogens with zero attached hydrogens (tertiary/aromatic N) is 1. The number of carbonyl (C=O) groups excluding carboxylic acids is 2. The van der Waals surface area contributed by atoms with Crippen molar-refractivity contribution in [2.24, 2.45) is 5.92 Å². The van der Waals surface area contributed by atoms with Crippen LogP contribution in [0.1, 0.15) is 49.7 Å². The molecule has 11 heteroatoms. The molecule has 1 aliphatic carbocycles. The zero-order chi connectivity index (χ0) is 26.3. The van der Waals surface area contributed by atoms with Gasteiger partial charge in [0.05, 0.1) is 11.1 Å². The summed E-state index contributed by atoms with van der Waals surface area (Å²) in [5.74, 6) is -0.156. The molecule has 5 nitrogen and oxygen atoms in total. The van der Waals surface area contributed by atoms with Gasteiger partial charge in [-0.1, -0.05) is 31.4 Å². The number of hydrogen-bond acceptors (Lipinski definition) is 2. The number of benzene rings is 2. The van der Waals surface area contributed by atoms with E-state index in [1.165, 1.54) is 12.1 Å². The van der Waals surface area contributed by atoms with Crippen LogP contribution in [0, 0.1) is 5.92 Å². The van der Waals surface area contributed by atoms with E-state index < -0.39 is 29.5 Å². The van der Waals surface area contributed by atoms with Gasteiger partial charge in [0.25, 0.3) is 0 Å². The summed E-state index contributed by atoms with van der Waals surface area (Å²) in [4.78, 5) is 26.3. The molecule has 0 heterocycles. The van der Waals surface area contributed by atoms with E-state index in [-0.39, 0.29) is 42.7 Å². The summed E-state index contributed by atoms with van der Waals surface area (Å²) in [5, 5.41) is 5.14. The molecule has 0 aromatic heterocycles. The third kappa shape index (κ3) is 7.63. The molecule has 0 spiro atoms. The predicted octanol–water partition coefficient (Wildman–Crippen LogP) is 6.85. The topological polar surface area (TPSA) is 61.4 Å². The van der Waals surface area contributed by atoms with Gasteiger partial charge in [-0.15, -0.1) is 0 Å². The van der Waals surface area contributed by atoms with Gasteiger partial charge >= 0.3 is 18.4 Å². The second kappa shape index (κ2) is 11.7. The standard InChI is InChI=1S/C25H27F6N3O2/c26-24(27,28)18-9-4-11-20(15-18)33-23(36)34(21-12-5-10-19(16-21)25(29,30)31)14-6-13-32-22(35)17-7-2-1-3-8-17/h4-5,9-12,15-17H,1-3,6-8,13-14H2,(H,32,35)(H,33,36). The van der Waals surface area contributed by atoms with Gasteiger partial charge in [-0.25, -0.2) is 4.79 Å². The first-order valence-electron chi connectivity index (χ1n) is 11.7. The van der Waals surface area contributed by atoms with Gasteiger partial charge in [-0.2, -0.15) is 26.3 Å². The first-order valence-corrected chi connectivity index (χ1v) is 11.7. The molecule has 196 valence electrons. The Morgan fingerprint density at radius 1 is 0.861 bits per heavy atom. The van der Waals surface area contributed by atoms with Crippen LogP contribution in [0.3, 0.4) is 0 Å². The normalized spacial score (nSPS) is 14.8. The van der Waals surface area contributed by atoms with Crippen LogP contribution in [0.4, 0.5) is 42.5 Å². The average molecular weight is 515 g/mol. The molecule has 0 bridgehead atoms. The van der Waals surface area contributed by atoms with Gasteiger partial charge in [0.15, 0.2) is 0 Å². The molecule has 3 amide bonds. The van der Waals surface area contributed by atoms with Crippen LogP contribution >= 0.6 is 0 Å². The van der Waals surface area contributed by atoms with E-state index in [4.69, 9.17) is 0 Å². The van der Waals surface area contributed by atoms with Crippen LogP contribution in [0.2, 0.25) is 0 Å². The van der Waals surface area contributed by atoms with Crippen molar-refractivity contribution in [3.63, 3.8) is 0 Å². The number of halogens is 6. The molecule has 0 atom stereocenters. The van der Waals surface area contributed by atoms with Gasteiger partial charge < -0.3 is 10.6 Å². The number of urea groups is 1. The molecule has 3 rings (SSSR count). The second-order valence-electron chi connectivity index (χ2n) is 8.69. The monoisotopic (exact) mass is 515 g/mol. The Morgan fingerprint density at radius 3 is 2.11 bits per heavy atom. The van der Waals surface area contributed by atoms with Gasteiger partial charge in [0.2, 0.25) is 5.91 Å². The molecule has 0 saturated heterocycles. The number of nitrogens with one attached hydrogen (secondary N) is 2. The first kappa shape index (κ1) is 27.3. The number of rotatable bonds is 7. The minimum Gasteiger partial charge on any atom is -0.356 e. The van der Waals surface area contributed by atoms with Crippen molar-refractivity contribution in [1.82, 2.24) is 5.32 Å². The zero-order valence-corrected chi connectivity index (χ0v) is 19.4. The molecule has 1 saturated carbocycles. The summed E-state index contributed by atoms with van der Waals surface area (Å²) in [6, 6.07) is 7.17. The Hall–Kier alpha value is -3.24. The quantitative estimate of drug-likeness (QED) is 0.313. The van der Waals surface area contributed by atoms with Gasteiger partial charge in [0, 0.05) is 30.4 Å². The fourth-order valence-corrected chi connectivity index (χ4v) is 4.12. The third-order valence-corrected chi connectivity index (χ3v) is 6.01. The highest BCUT2D eigenvalue weighted by molar-refractivity contribution is 6.01. The number of carbonyl (C=O) groups is 2. The van der Waals surface area contributed by atoms with E-state index in [0.717, 1.165) is 73.4 Å². The smallest absolute Gasteiger partial charge is 0.356 e. The Kier molecular flexibility index (Phi) is 8.86. The molecule has 36 heavy (non-hydrogen) atoms. The van der Waals surface area contributed by atoms with Crippen LogP contribution in [-0.4, -0.2) is 25.0 Å². The van der Waals surface area contributed by atoms with Crippen LogP contribution in [0.5, 0.6) is 0 Å². The minimum absolute atomic E-state index is 0.0671. The Balaban J connectivity index is 1.73. The van der Waals surface area contributed by atoms with Gasteiger partial charge in [-0.05, 0) is 55.7 Å². The number of amides is 3. The average Bonchev–Trinajstić information content (AvgIpc) is 2.83. The van der Waals surface area contributed by atoms with Crippen LogP contribution in [0.25, 0.3) is 0 Å². The van der Waals surface area contributed by atoms with E-state index in [1.807, 2.05) is 0 Å². The van der Waals surface area contributed by atoms with Crippen molar-refractivity contribution in [2.45, 2.75) is 50.9 Å². The van der Waals surface area contributed by atoms with Crippen LogP contribution in [0.15, 0.2) is 48.5 Å². The van der Waals surface area contributed by atoms with Crippen molar-refractivity contribution < 1.29 is 35.9 Å². The lowest BCUT2D eigenvalue weighted by molar-refractivity contribution is -0.138. The van der Waals surface area contributed by atoms with E-state index in [2.05, 4.69) is 10.6 Å². The maximum absolute atomic E-state index is 13.2. The summed E-state index contributed by atoms with van der Waals surface area (Å²) >= 11 is 0. The molecular formula is C25H27F6N3O2. The van der Waals surface area contributed by atoms with Gasteiger partial charge in [-0.3, -0.25) is 9.69 Å². The lowest BCUT2D eigenvalue weighted by atomic mass is 9.89. The maximum Gasteiger partial charge on any atom is 0.416 e. The first-order chi connectivity index (χ1) is 16.9. The molecule has 0 aliphatic heterocycles. The SMILES string of the molecule is O=C(NCCCN(C(=O)Nc1cccc(C(F)(F)F)c1)c1cccc(C(F)(F)F)c1)C1CCCCC1. The maximum atomic E-state index is 13.2. The van der Waals surface area contributed by atoms with E-state index in [1.54, 1.807) is 0 Å². The van der Waals surface area contributed by atoms with Crippen LogP contribution in [-0.2, 0) is 17.1 Å². The lowest BCUT2D eigenvalue weighted by Crippen LogP contribution is -2.38. The van der Waals surface area contributed by atoms with E-state index >= 15 is 0 Å². The fraction of sp³-hybridized carbons (Fsp3) is 0.440. The Morgan fingerprint density at radius 2 is 1.47 bits per heavy atom. The molecule has 2 aromatic carbocycles. The van der Waals surface area contributed by atoms with Crippen molar-refractivity contribution in [2.75, 3.05) is 23.3 Å². The highest BCUT2D eigenvalue weighted by Crippen LogP contribution is 2.33. The molecule has 1 fully saturated rings. The fourth-order valence-electron chi connectivity index (χ4n) is 4.12. The predicted molar refractivity (Wildman–Crippen MR) is 123 cm³/mol. The highest BCUT2D eigenvalue weighted by Gasteiger charge is 2.32. The second-order valence-corrected chi connectivity index (χ2v) is 8.69. The highest BCUT2D eigenvalue weighted by atomic mass is 19.4. The molecule has 0 radical (unpaired) electrons. The Labute approximate surface area is 204 Å². The summed E-state index contributed by atoms with van der Waals surface area (Å²) in [5.41, 5.74) is -2.18. The molecule has 2 N–H and O–H groups in total. The van der Waals surface area contributed by atoms with E-state index in [9.17, 15) is 35.9 Å². The van der Waals surface area contributed by atoms with Crippen LogP contribution < -0.4 is 15.5 Å². The number of alkyl halides is 6. The Bertz CT molecular complexity index is 1050. The zero-order valence-electron chi connectivity index (χ0n) is 19.4. The van der Waals surface area contributed by atoms with Crippen molar-refractivity contribution >= 4 is 23.3 Å². The van der Waals surface area contributed by atoms with E-state index in [0.29, 0.717) is 0 Å². The number of hydrogen-bond donors (Lipinski definition) is 2. The summed E-state index contributed by atoms with van der Waals surface area (Å²) < 4.78 is 78.8. The lowest BCUT2D eigenvalue weighted by Gasteiger charge is -2.25. The van der Waals surface area contributed by atoms with Crippen molar-refractivity contribution in [3.05, 3.63) is 59.7 Å². The summed E-state index contributed by atoms with van der Waals surface area (Å²) in [7, 11) is 0. The minimum atomic E-state index is -4.65. The molecule has 0 unspecified atom stereocenters. The van der Waals surface area contributed by atoms with Crippen molar-refractivity contribution in [3.8, 4) is 0 Å². The number of anilines is 2. The molecular weight excluding hydrogens is 488 g/mol. The molecule has 2 aromatic rings.